The van der Waals surface area contributed by atoms with Gasteiger partial charge in [0.15, 0.2) is 11.0 Å². The van der Waals surface area contributed by atoms with Crippen molar-refractivity contribution in [2.45, 2.75) is 59.9 Å². The van der Waals surface area contributed by atoms with Gasteiger partial charge in [0.05, 0.1) is 25.5 Å². The van der Waals surface area contributed by atoms with E-state index in [2.05, 4.69) is 27.1 Å². The number of rotatable bonds is 7. The third-order valence-electron chi connectivity index (χ3n) is 5.97. The number of carbonyl (C=O) groups excluding carboxylic acids is 1. The number of halogens is 1. The molecule has 3 aromatic rings. The van der Waals surface area contributed by atoms with Crippen LogP contribution in [0.25, 0.3) is 17.0 Å². The van der Waals surface area contributed by atoms with Crippen LogP contribution in [0.5, 0.6) is 5.88 Å². The summed E-state index contributed by atoms with van der Waals surface area (Å²) >= 11 is 0. The maximum Gasteiger partial charge on any atom is 0.341 e. The van der Waals surface area contributed by atoms with E-state index in [4.69, 9.17) is 9.47 Å². The van der Waals surface area contributed by atoms with Crippen molar-refractivity contribution in [3.8, 4) is 11.8 Å². The largest absolute Gasteiger partial charge is 0.479 e. The summed E-state index contributed by atoms with van der Waals surface area (Å²) < 4.78 is 28.1. The minimum absolute atomic E-state index is 0. The fraction of sp³-hybridized carbons (Fsp3) is 0.591. The predicted molar refractivity (Wildman–Crippen MR) is 117 cm³/mol. The lowest BCUT2D eigenvalue weighted by molar-refractivity contribution is 0.0526. The molecule has 174 valence electrons. The Balaban J connectivity index is 0.00000289. The first-order valence-corrected chi connectivity index (χ1v) is 10.7. The fourth-order valence-electron chi connectivity index (χ4n) is 4.20. The molecule has 0 saturated heterocycles. The molecule has 0 atom stereocenters. The highest BCUT2D eigenvalue weighted by molar-refractivity contribution is 5.88. The van der Waals surface area contributed by atoms with Gasteiger partial charge in [0.25, 0.3) is 11.9 Å². The van der Waals surface area contributed by atoms with Crippen LogP contribution in [0.4, 0.5) is 4.39 Å². The SMILES string of the molecule is C.CCOC(=O)c1cnn(-c2nc(OC)c3c(n2)c(F)nn3CC2CCC(CC)CC2)c1. The number of carbonyl (C=O) groups is 1. The van der Waals surface area contributed by atoms with Gasteiger partial charge in [-0.05, 0) is 31.6 Å². The van der Waals surface area contributed by atoms with E-state index >= 15 is 0 Å². The van der Waals surface area contributed by atoms with Gasteiger partial charge in [0.2, 0.25) is 5.88 Å². The molecule has 1 fully saturated rings. The Labute approximate surface area is 186 Å². The van der Waals surface area contributed by atoms with Gasteiger partial charge in [-0.25, -0.2) is 14.5 Å². The first kappa shape index (κ1) is 23.6. The Kier molecular flexibility index (Phi) is 7.42. The highest BCUT2D eigenvalue weighted by atomic mass is 19.1. The van der Waals surface area contributed by atoms with E-state index in [0.717, 1.165) is 18.8 Å². The van der Waals surface area contributed by atoms with Crippen LogP contribution in [-0.4, -0.2) is 49.2 Å². The summed E-state index contributed by atoms with van der Waals surface area (Å²) in [6, 6.07) is 0. The van der Waals surface area contributed by atoms with Crippen LogP contribution in [-0.2, 0) is 11.3 Å². The predicted octanol–water partition coefficient (Wildman–Crippen LogP) is 4.19. The number of esters is 1. The van der Waals surface area contributed by atoms with Crippen molar-refractivity contribution in [3.63, 3.8) is 0 Å². The van der Waals surface area contributed by atoms with Gasteiger partial charge in [0.1, 0.15) is 0 Å². The molecule has 10 heteroatoms. The molecule has 0 N–H and O–H groups in total. The second kappa shape index (κ2) is 10.1. The molecule has 0 bridgehead atoms. The molecular formula is C22H31FN6O3. The number of ether oxygens (including phenoxy) is 2. The van der Waals surface area contributed by atoms with Crippen molar-refractivity contribution < 1.29 is 18.7 Å². The van der Waals surface area contributed by atoms with E-state index in [1.165, 1.54) is 43.4 Å². The third kappa shape index (κ3) is 4.58. The van der Waals surface area contributed by atoms with Crippen LogP contribution in [0.2, 0.25) is 0 Å². The standard InChI is InChI=1S/C21H27FN6O3.CH4/c1-4-13-6-8-14(9-7-13)11-27-17-16(18(22)26-27)24-21(25-19(17)30-3)28-12-15(10-23-28)20(29)31-5-2;/h10,12-14H,4-9,11H2,1-3H3;1H4. The molecule has 1 saturated carbocycles. The second-order valence-corrected chi connectivity index (χ2v) is 7.89. The van der Waals surface area contributed by atoms with Crippen LogP contribution in [0, 0.1) is 17.8 Å². The highest BCUT2D eigenvalue weighted by Gasteiger charge is 2.25. The van der Waals surface area contributed by atoms with Gasteiger partial charge in [-0.1, -0.05) is 33.6 Å². The molecule has 3 heterocycles. The van der Waals surface area contributed by atoms with Crippen molar-refractivity contribution in [1.29, 1.82) is 0 Å². The fourth-order valence-corrected chi connectivity index (χ4v) is 4.20. The Morgan fingerprint density at radius 1 is 1.19 bits per heavy atom. The van der Waals surface area contributed by atoms with Crippen LogP contribution in [0.3, 0.4) is 0 Å². The van der Waals surface area contributed by atoms with E-state index in [1.54, 1.807) is 11.6 Å². The third-order valence-corrected chi connectivity index (χ3v) is 5.97. The molecule has 0 aliphatic heterocycles. The zero-order valence-corrected chi connectivity index (χ0v) is 18.0. The minimum Gasteiger partial charge on any atom is -0.479 e. The summed E-state index contributed by atoms with van der Waals surface area (Å²) in [6.45, 7) is 4.81. The van der Waals surface area contributed by atoms with Crippen molar-refractivity contribution in [1.82, 2.24) is 29.5 Å². The van der Waals surface area contributed by atoms with Crippen molar-refractivity contribution in [2.75, 3.05) is 13.7 Å². The average molecular weight is 447 g/mol. The van der Waals surface area contributed by atoms with Crippen molar-refractivity contribution >= 4 is 17.0 Å². The molecule has 1 aliphatic rings. The quantitative estimate of drug-likeness (QED) is 0.502. The Bertz CT molecular complexity index is 1070. The molecule has 1 aliphatic carbocycles. The van der Waals surface area contributed by atoms with Crippen LogP contribution >= 0.6 is 0 Å². The Morgan fingerprint density at radius 2 is 1.91 bits per heavy atom. The van der Waals surface area contributed by atoms with Gasteiger partial charge in [0, 0.05) is 12.7 Å². The van der Waals surface area contributed by atoms with Crippen LogP contribution < -0.4 is 4.74 Å². The van der Waals surface area contributed by atoms with E-state index in [9.17, 15) is 9.18 Å². The summed E-state index contributed by atoms with van der Waals surface area (Å²) in [4.78, 5) is 20.6. The average Bonchev–Trinajstić information content (AvgIpc) is 3.39. The second-order valence-electron chi connectivity index (χ2n) is 7.89. The molecule has 0 unspecified atom stereocenters. The summed E-state index contributed by atoms with van der Waals surface area (Å²) in [5.41, 5.74) is 0.750. The van der Waals surface area contributed by atoms with Crippen molar-refractivity contribution in [2.24, 2.45) is 11.8 Å². The number of fused-ring (bicyclic) bond motifs is 1. The van der Waals surface area contributed by atoms with Gasteiger partial charge >= 0.3 is 5.97 Å². The topological polar surface area (TPSA) is 96.9 Å². The minimum atomic E-state index is -0.683. The molecule has 0 spiro atoms. The monoisotopic (exact) mass is 446 g/mol. The first-order chi connectivity index (χ1) is 15.0. The van der Waals surface area contributed by atoms with E-state index in [0.29, 0.717) is 18.0 Å². The van der Waals surface area contributed by atoms with Gasteiger partial charge < -0.3 is 9.47 Å². The molecule has 0 aromatic carbocycles. The Hall–Kier alpha value is -3.04. The molecule has 3 aromatic heterocycles. The lowest BCUT2D eigenvalue weighted by Crippen LogP contribution is -2.19. The molecule has 4 rings (SSSR count). The summed E-state index contributed by atoms with van der Waals surface area (Å²) in [7, 11) is 1.47. The Morgan fingerprint density at radius 3 is 2.56 bits per heavy atom. The normalized spacial score (nSPS) is 18.4. The summed E-state index contributed by atoms with van der Waals surface area (Å²) in [5, 5.41) is 8.19. The molecule has 9 nitrogen and oxygen atoms in total. The zero-order valence-electron chi connectivity index (χ0n) is 18.0. The number of hydrogen-bond donors (Lipinski definition) is 0. The lowest BCUT2D eigenvalue weighted by atomic mass is 9.81. The first-order valence-electron chi connectivity index (χ1n) is 10.7. The maximum atomic E-state index is 14.7. The maximum absolute atomic E-state index is 14.7. The van der Waals surface area contributed by atoms with Gasteiger partial charge in [-0.3, -0.25) is 4.68 Å². The number of methoxy groups -OCH3 is 1. The lowest BCUT2D eigenvalue weighted by Gasteiger charge is -2.27. The van der Waals surface area contributed by atoms with Crippen molar-refractivity contribution in [3.05, 3.63) is 23.9 Å². The number of aromatic nitrogens is 6. The summed E-state index contributed by atoms with van der Waals surface area (Å²) in [5.74, 6) is 0.341. The molecule has 0 radical (unpaired) electrons. The highest BCUT2D eigenvalue weighted by Crippen LogP contribution is 2.33. The molecule has 32 heavy (non-hydrogen) atoms. The van der Waals surface area contributed by atoms with E-state index in [1.807, 2.05) is 0 Å². The van der Waals surface area contributed by atoms with E-state index in [-0.39, 0.29) is 36.9 Å². The van der Waals surface area contributed by atoms with Gasteiger partial charge in [-0.15, -0.1) is 5.10 Å². The summed E-state index contributed by atoms with van der Waals surface area (Å²) in [6.07, 6.45) is 8.60. The molecular weight excluding hydrogens is 415 g/mol. The zero-order chi connectivity index (χ0) is 22.0. The van der Waals surface area contributed by atoms with Crippen LogP contribution in [0.15, 0.2) is 12.4 Å². The van der Waals surface area contributed by atoms with E-state index < -0.39 is 11.9 Å². The number of hydrogen-bond acceptors (Lipinski definition) is 7. The van der Waals surface area contributed by atoms with Gasteiger partial charge in [-0.2, -0.15) is 14.5 Å². The number of nitrogens with zero attached hydrogens (tertiary/aromatic N) is 6. The van der Waals surface area contributed by atoms with Crippen LogP contribution in [0.1, 0.15) is 63.7 Å². The smallest absolute Gasteiger partial charge is 0.341 e. The molecule has 0 amide bonds.